The number of rotatable bonds is 3. The summed E-state index contributed by atoms with van der Waals surface area (Å²) in [5, 5.41) is 19.3. The van der Waals surface area contributed by atoms with Crippen LogP contribution >= 0.6 is 0 Å². The minimum atomic E-state index is -0.881. The molecular weight excluding hydrogens is 242 g/mol. The highest BCUT2D eigenvalue weighted by Gasteiger charge is 2.44. The summed E-state index contributed by atoms with van der Waals surface area (Å²) in [6.45, 7) is 4.54. The number of carboxylic acid groups (broad SMARTS) is 1. The van der Waals surface area contributed by atoms with Crippen molar-refractivity contribution in [3.05, 3.63) is 35.9 Å². The maximum atomic E-state index is 11.1. The van der Waals surface area contributed by atoms with Gasteiger partial charge in [-0.1, -0.05) is 30.3 Å². The Bertz CT molecular complexity index is 452. The van der Waals surface area contributed by atoms with Crippen LogP contribution < -0.4 is 0 Å². The van der Waals surface area contributed by atoms with E-state index in [1.165, 1.54) is 4.90 Å². The van der Waals surface area contributed by atoms with E-state index in [0.717, 1.165) is 12.0 Å². The Morgan fingerprint density at radius 3 is 2.47 bits per heavy atom. The van der Waals surface area contributed by atoms with Gasteiger partial charge in [0.1, 0.15) is 0 Å². The summed E-state index contributed by atoms with van der Waals surface area (Å²) < 4.78 is 0. The number of aliphatic hydroxyl groups is 1. The highest BCUT2D eigenvalue weighted by Crippen LogP contribution is 2.40. The first kappa shape index (κ1) is 13.9. The van der Waals surface area contributed by atoms with Crippen molar-refractivity contribution in [3.63, 3.8) is 0 Å². The van der Waals surface area contributed by atoms with E-state index in [-0.39, 0.29) is 5.41 Å². The van der Waals surface area contributed by atoms with Gasteiger partial charge in [0.2, 0.25) is 0 Å². The van der Waals surface area contributed by atoms with E-state index in [1.807, 2.05) is 30.3 Å². The zero-order valence-corrected chi connectivity index (χ0v) is 11.5. The topological polar surface area (TPSA) is 60.8 Å². The van der Waals surface area contributed by atoms with E-state index in [0.29, 0.717) is 19.5 Å². The van der Waals surface area contributed by atoms with Gasteiger partial charge in [0.15, 0.2) is 0 Å². The summed E-state index contributed by atoms with van der Waals surface area (Å²) in [5.74, 6) is 0. The third kappa shape index (κ3) is 3.07. The number of amides is 1. The van der Waals surface area contributed by atoms with Crippen LogP contribution in [0.3, 0.4) is 0 Å². The molecule has 1 unspecified atom stereocenters. The third-order valence-electron chi connectivity index (χ3n) is 3.78. The van der Waals surface area contributed by atoms with Crippen molar-refractivity contribution in [3.8, 4) is 0 Å². The Hall–Kier alpha value is -1.55. The zero-order valence-electron chi connectivity index (χ0n) is 11.5. The maximum Gasteiger partial charge on any atom is 0.407 e. The van der Waals surface area contributed by atoms with Gasteiger partial charge < -0.3 is 15.1 Å². The Balaban J connectivity index is 2.33. The second kappa shape index (κ2) is 4.85. The quantitative estimate of drug-likeness (QED) is 0.880. The minimum Gasteiger partial charge on any atom is -0.465 e. The molecule has 0 aromatic heterocycles. The average molecular weight is 263 g/mol. The van der Waals surface area contributed by atoms with Crippen molar-refractivity contribution in [1.82, 2.24) is 4.90 Å². The molecule has 2 rings (SSSR count). The molecule has 1 heterocycles. The Morgan fingerprint density at radius 1 is 1.37 bits per heavy atom. The monoisotopic (exact) mass is 263 g/mol. The molecule has 19 heavy (non-hydrogen) atoms. The predicted octanol–water partition coefficient (Wildman–Crippen LogP) is 2.47. The summed E-state index contributed by atoms with van der Waals surface area (Å²) in [4.78, 5) is 12.6. The summed E-state index contributed by atoms with van der Waals surface area (Å²) in [5.41, 5.74) is 0.0169. The fourth-order valence-corrected chi connectivity index (χ4v) is 3.14. The standard InChI is InChI=1S/C15H21NO3/c1-14(2,19)10-15(12-6-4-3-5-7-12)8-9-16(11-15)13(17)18/h3-7,19H,8-11H2,1-2H3,(H,17,18). The largest absolute Gasteiger partial charge is 0.465 e. The van der Waals surface area contributed by atoms with E-state index in [9.17, 15) is 9.90 Å². The van der Waals surface area contributed by atoms with Crippen molar-refractivity contribution < 1.29 is 15.0 Å². The lowest BCUT2D eigenvalue weighted by Crippen LogP contribution is -2.39. The van der Waals surface area contributed by atoms with E-state index in [2.05, 4.69) is 0 Å². The van der Waals surface area contributed by atoms with Crippen LogP contribution in [0.15, 0.2) is 30.3 Å². The van der Waals surface area contributed by atoms with Gasteiger partial charge in [-0.05, 0) is 32.3 Å². The van der Waals surface area contributed by atoms with Crippen LogP contribution in [0.1, 0.15) is 32.3 Å². The fraction of sp³-hybridized carbons (Fsp3) is 0.533. The number of carbonyl (C=O) groups is 1. The molecule has 1 aliphatic rings. The molecule has 2 N–H and O–H groups in total. The Kier molecular flexibility index (Phi) is 3.54. The van der Waals surface area contributed by atoms with Gasteiger partial charge in [-0.3, -0.25) is 0 Å². The first-order valence-electron chi connectivity index (χ1n) is 6.58. The molecule has 0 saturated carbocycles. The molecule has 1 fully saturated rings. The van der Waals surface area contributed by atoms with Crippen LogP contribution in [-0.4, -0.2) is 39.9 Å². The molecule has 0 spiro atoms. The van der Waals surface area contributed by atoms with Crippen molar-refractivity contribution in [2.45, 2.75) is 37.7 Å². The van der Waals surface area contributed by atoms with Gasteiger partial charge in [-0.15, -0.1) is 0 Å². The van der Waals surface area contributed by atoms with Crippen LogP contribution in [-0.2, 0) is 5.41 Å². The van der Waals surface area contributed by atoms with Crippen LogP contribution in [0, 0.1) is 0 Å². The smallest absolute Gasteiger partial charge is 0.407 e. The molecule has 104 valence electrons. The van der Waals surface area contributed by atoms with Crippen LogP contribution in [0.2, 0.25) is 0 Å². The average Bonchev–Trinajstić information content (AvgIpc) is 2.73. The lowest BCUT2D eigenvalue weighted by molar-refractivity contribution is 0.0444. The molecule has 0 radical (unpaired) electrons. The number of benzene rings is 1. The van der Waals surface area contributed by atoms with E-state index >= 15 is 0 Å². The number of nitrogens with zero attached hydrogens (tertiary/aromatic N) is 1. The molecular formula is C15H21NO3. The van der Waals surface area contributed by atoms with Gasteiger partial charge in [0.05, 0.1) is 5.60 Å². The lowest BCUT2D eigenvalue weighted by atomic mass is 9.72. The lowest BCUT2D eigenvalue weighted by Gasteiger charge is -2.35. The van der Waals surface area contributed by atoms with E-state index in [1.54, 1.807) is 13.8 Å². The molecule has 0 bridgehead atoms. The Morgan fingerprint density at radius 2 is 2.00 bits per heavy atom. The van der Waals surface area contributed by atoms with Crippen LogP contribution in [0.25, 0.3) is 0 Å². The summed E-state index contributed by atoms with van der Waals surface area (Å²) in [6, 6.07) is 9.93. The normalized spacial score (nSPS) is 23.6. The van der Waals surface area contributed by atoms with Gasteiger partial charge in [0, 0.05) is 18.5 Å². The molecule has 1 aromatic rings. The molecule has 1 aliphatic heterocycles. The minimum absolute atomic E-state index is 0.280. The van der Waals surface area contributed by atoms with Crippen LogP contribution in [0.4, 0.5) is 4.79 Å². The van der Waals surface area contributed by atoms with Crippen molar-refractivity contribution in [2.75, 3.05) is 13.1 Å². The molecule has 1 atom stereocenters. The summed E-state index contributed by atoms with van der Waals surface area (Å²) in [7, 11) is 0. The van der Waals surface area contributed by atoms with Gasteiger partial charge in [-0.25, -0.2) is 4.79 Å². The second-order valence-electron chi connectivity index (χ2n) is 6.09. The summed E-state index contributed by atoms with van der Waals surface area (Å²) in [6.07, 6.45) is 0.440. The molecule has 4 nitrogen and oxygen atoms in total. The van der Waals surface area contributed by atoms with Crippen molar-refractivity contribution in [2.24, 2.45) is 0 Å². The molecule has 1 saturated heterocycles. The fourth-order valence-electron chi connectivity index (χ4n) is 3.14. The number of likely N-dealkylation sites (tertiary alicyclic amines) is 1. The number of hydrogen-bond acceptors (Lipinski definition) is 2. The van der Waals surface area contributed by atoms with Crippen molar-refractivity contribution >= 4 is 6.09 Å². The predicted molar refractivity (Wildman–Crippen MR) is 73.2 cm³/mol. The maximum absolute atomic E-state index is 11.1. The SMILES string of the molecule is CC(C)(O)CC1(c2ccccc2)CCN(C(=O)O)C1. The van der Waals surface area contributed by atoms with Crippen LogP contribution in [0.5, 0.6) is 0 Å². The Labute approximate surface area is 113 Å². The zero-order chi connectivity index (χ0) is 14.1. The van der Waals surface area contributed by atoms with Gasteiger partial charge in [-0.2, -0.15) is 0 Å². The molecule has 4 heteroatoms. The van der Waals surface area contributed by atoms with Crippen molar-refractivity contribution in [1.29, 1.82) is 0 Å². The first-order valence-corrected chi connectivity index (χ1v) is 6.58. The first-order chi connectivity index (χ1) is 8.82. The second-order valence-corrected chi connectivity index (χ2v) is 6.09. The number of hydrogen-bond donors (Lipinski definition) is 2. The molecule has 1 aromatic carbocycles. The van der Waals surface area contributed by atoms with Gasteiger partial charge >= 0.3 is 6.09 Å². The highest BCUT2D eigenvalue weighted by molar-refractivity contribution is 5.65. The summed E-state index contributed by atoms with van der Waals surface area (Å²) >= 11 is 0. The van der Waals surface area contributed by atoms with E-state index < -0.39 is 11.7 Å². The van der Waals surface area contributed by atoms with Gasteiger partial charge in [0.25, 0.3) is 0 Å². The highest BCUT2D eigenvalue weighted by atomic mass is 16.4. The molecule has 0 aliphatic carbocycles. The van der Waals surface area contributed by atoms with E-state index in [4.69, 9.17) is 5.11 Å². The molecule has 1 amide bonds. The third-order valence-corrected chi connectivity index (χ3v) is 3.78.